The maximum absolute atomic E-state index is 12.1. The highest BCUT2D eigenvalue weighted by molar-refractivity contribution is 14.0. The highest BCUT2D eigenvalue weighted by Crippen LogP contribution is 2.28. The molecule has 0 bridgehead atoms. The summed E-state index contributed by atoms with van der Waals surface area (Å²) in [5, 5.41) is 6.82. The summed E-state index contributed by atoms with van der Waals surface area (Å²) in [7, 11) is 0. The molecule has 0 aliphatic carbocycles. The van der Waals surface area contributed by atoms with E-state index >= 15 is 0 Å². The first-order chi connectivity index (χ1) is 13.1. The smallest absolute Gasteiger partial charge is 0.224 e. The second kappa shape index (κ2) is 13.2. The predicted octanol–water partition coefficient (Wildman–Crippen LogP) is 3.46. The van der Waals surface area contributed by atoms with Gasteiger partial charge in [-0.3, -0.25) is 9.79 Å². The number of nitrogens with one attached hydrogen (secondary N) is 2. The molecule has 8 heteroatoms. The molecule has 2 rings (SSSR count). The zero-order valence-electron chi connectivity index (χ0n) is 17.1. The van der Waals surface area contributed by atoms with Gasteiger partial charge < -0.3 is 20.4 Å². The summed E-state index contributed by atoms with van der Waals surface area (Å²) in [6.07, 6.45) is 1.51. The fourth-order valence-corrected chi connectivity index (χ4v) is 3.85. The van der Waals surface area contributed by atoms with Gasteiger partial charge in [0.15, 0.2) is 5.96 Å². The quantitative estimate of drug-likeness (QED) is 0.288. The third-order valence-corrected chi connectivity index (χ3v) is 5.45. The average Bonchev–Trinajstić information content (AvgIpc) is 3.11. The Kier molecular flexibility index (Phi) is 11.8. The molecule has 1 aromatic rings. The van der Waals surface area contributed by atoms with E-state index in [4.69, 9.17) is 0 Å². The number of rotatable bonds is 8. The molecule has 1 unspecified atom stereocenters. The van der Waals surface area contributed by atoms with Crippen molar-refractivity contribution in [3.63, 3.8) is 0 Å². The third-order valence-electron chi connectivity index (χ3n) is 4.78. The van der Waals surface area contributed by atoms with Crippen LogP contribution in [0.15, 0.2) is 33.7 Å². The molecule has 0 spiro atoms. The Balaban J connectivity index is 0.00000392. The summed E-state index contributed by atoms with van der Waals surface area (Å²) in [6, 6.07) is 8.67. The van der Waals surface area contributed by atoms with Crippen LogP contribution in [-0.4, -0.2) is 62.1 Å². The van der Waals surface area contributed by atoms with Crippen LogP contribution in [0.3, 0.4) is 0 Å². The fourth-order valence-electron chi connectivity index (χ4n) is 3.32. The molecule has 1 heterocycles. The highest BCUT2D eigenvalue weighted by Gasteiger charge is 2.24. The maximum atomic E-state index is 12.1. The molecule has 6 nitrogen and oxygen atoms in total. The maximum Gasteiger partial charge on any atom is 0.224 e. The van der Waals surface area contributed by atoms with Gasteiger partial charge in [0.05, 0.1) is 12.2 Å². The molecular weight excluding hydrogens is 533 g/mol. The van der Waals surface area contributed by atoms with Crippen molar-refractivity contribution in [3.05, 3.63) is 28.7 Å². The summed E-state index contributed by atoms with van der Waals surface area (Å²) in [4.78, 5) is 21.0. The molecule has 158 valence electrons. The number of carbonyl (C=O) groups excluding carboxylic acids is 1. The second-order valence-corrected chi connectivity index (χ2v) is 7.46. The third kappa shape index (κ3) is 7.42. The van der Waals surface area contributed by atoms with E-state index in [2.05, 4.69) is 61.6 Å². The van der Waals surface area contributed by atoms with Crippen molar-refractivity contribution in [1.29, 1.82) is 0 Å². The normalized spacial score (nSPS) is 16.5. The van der Waals surface area contributed by atoms with E-state index in [1.165, 1.54) is 5.69 Å². The molecule has 1 amide bonds. The molecule has 0 radical (unpaired) electrons. The van der Waals surface area contributed by atoms with Crippen molar-refractivity contribution >= 4 is 57.5 Å². The molecular formula is C20H33BrIN5O. The first kappa shape index (κ1) is 25.0. The van der Waals surface area contributed by atoms with Gasteiger partial charge in [-0.2, -0.15) is 0 Å². The molecule has 1 aliphatic rings. The van der Waals surface area contributed by atoms with Crippen molar-refractivity contribution in [2.45, 2.75) is 39.7 Å². The number of aliphatic imine (C=N–C) groups is 1. The van der Waals surface area contributed by atoms with Crippen LogP contribution in [-0.2, 0) is 4.79 Å². The SMILES string of the molecule is CCNC(=NCCC(=O)N(CC)CC)NC1CCN(c2ccccc2Br)C1.I. The lowest BCUT2D eigenvalue weighted by Gasteiger charge is -2.21. The van der Waals surface area contributed by atoms with Gasteiger partial charge in [0.2, 0.25) is 5.91 Å². The summed E-state index contributed by atoms with van der Waals surface area (Å²) in [5.41, 5.74) is 1.23. The Morgan fingerprint density at radius 1 is 1.29 bits per heavy atom. The molecule has 1 saturated heterocycles. The van der Waals surface area contributed by atoms with Gasteiger partial charge in [-0.05, 0) is 55.3 Å². The molecule has 1 aromatic carbocycles. The first-order valence-corrected chi connectivity index (χ1v) is 10.7. The summed E-state index contributed by atoms with van der Waals surface area (Å²) < 4.78 is 1.13. The Bertz CT molecular complexity index is 639. The molecule has 1 aliphatic heterocycles. The fraction of sp³-hybridized carbons (Fsp3) is 0.600. The number of guanidine groups is 1. The van der Waals surface area contributed by atoms with Gasteiger partial charge in [-0.25, -0.2) is 0 Å². The minimum Gasteiger partial charge on any atom is -0.368 e. The van der Waals surface area contributed by atoms with Crippen LogP contribution in [0.2, 0.25) is 0 Å². The van der Waals surface area contributed by atoms with E-state index in [-0.39, 0.29) is 29.9 Å². The topological polar surface area (TPSA) is 60.0 Å². The Labute approximate surface area is 194 Å². The molecule has 1 fully saturated rings. The molecule has 2 N–H and O–H groups in total. The van der Waals surface area contributed by atoms with Crippen LogP contribution in [0.4, 0.5) is 5.69 Å². The van der Waals surface area contributed by atoms with Gasteiger partial charge in [0, 0.05) is 49.7 Å². The number of hydrogen-bond donors (Lipinski definition) is 2. The van der Waals surface area contributed by atoms with Gasteiger partial charge in [-0.15, -0.1) is 24.0 Å². The molecule has 0 saturated carbocycles. The lowest BCUT2D eigenvalue weighted by atomic mass is 10.2. The molecule has 28 heavy (non-hydrogen) atoms. The van der Waals surface area contributed by atoms with Crippen molar-refractivity contribution in [1.82, 2.24) is 15.5 Å². The predicted molar refractivity (Wildman–Crippen MR) is 132 cm³/mol. The van der Waals surface area contributed by atoms with E-state index in [9.17, 15) is 4.79 Å². The van der Waals surface area contributed by atoms with E-state index in [0.717, 1.165) is 49.6 Å². The first-order valence-electron chi connectivity index (χ1n) is 9.91. The van der Waals surface area contributed by atoms with E-state index in [0.29, 0.717) is 19.0 Å². The number of anilines is 1. The standard InChI is InChI=1S/C20H32BrN5O.HI/c1-4-22-20(23-13-11-19(27)25(5-2)6-3)24-16-12-14-26(15-16)18-10-8-7-9-17(18)21;/h7-10,16H,4-6,11-15H2,1-3H3,(H2,22,23,24);1H. The average molecular weight is 566 g/mol. The zero-order valence-corrected chi connectivity index (χ0v) is 21.0. The van der Waals surface area contributed by atoms with Crippen LogP contribution < -0.4 is 15.5 Å². The lowest BCUT2D eigenvalue weighted by Crippen LogP contribution is -2.44. The minimum absolute atomic E-state index is 0. The number of para-hydroxylation sites is 1. The van der Waals surface area contributed by atoms with Crippen LogP contribution in [0.25, 0.3) is 0 Å². The number of nitrogens with zero attached hydrogens (tertiary/aromatic N) is 3. The second-order valence-electron chi connectivity index (χ2n) is 6.60. The number of hydrogen-bond acceptors (Lipinski definition) is 3. The highest BCUT2D eigenvalue weighted by atomic mass is 127. The van der Waals surface area contributed by atoms with E-state index in [1.807, 2.05) is 24.8 Å². The Hall–Kier alpha value is -1.03. The van der Waals surface area contributed by atoms with Gasteiger partial charge in [-0.1, -0.05) is 12.1 Å². The summed E-state index contributed by atoms with van der Waals surface area (Å²) in [6.45, 7) is 10.8. The summed E-state index contributed by atoms with van der Waals surface area (Å²) >= 11 is 3.64. The number of halogens is 2. The minimum atomic E-state index is 0. The van der Waals surface area contributed by atoms with Crippen LogP contribution in [0, 0.1) is 0 Å². The molecule has 0 aromatic heterocycles. The van der Waals surface area contributed by atoms with E-state index in [1.54, 1.807) is 0 Å². The monoisotopic (exact) mass is 565 g/mol. The number of carbonyl (C=O) groups is 1. The Morgan fingerprint density at radius 3 is 2.64 bits per heavy atom. The lowest BCUT2D eigenvalue weighted by molar-refractivity contribution is -0.130. The van der Waals surface area contributed by atoms with Crippen molar-refractivity contribution in [2.75, 3.05) is 44.2 Å². The van der Waals surface area contributed by atoms with Crippen molar-refractivity contribution in [3.8, 4) is 0 Å². The van der Waals surface area contributed by atoms with E-state index < -0.39 is 0 Å². The summed E-state index contributed by atoms with van der Waals surface area (Å²) in [5.74, 6) is 0.962. The van der Waals surface area contributed by atoms with Crippen LogP contribution in [0.5, 0.6) is 0 Å². The zero-order chi connectivity index (χ0) is 19.6. The number of benzene rings is 1. The van der Waals surface area contributed by atoms with Crippen molar-refractivity contribution < 1.29 is 4.79 Å². The largest absolute Gasteiger partial charge is 0.368 e. The van der Waals surface area contributed by atoms with Crippen LogP contribution >= 0.6 is 39.9 Å². The van der Waals surface area contributed by atoms with Gasteiger partial charge in [0.1, 0.15) is 0 Å². The number of amides is 1. The molecule has 1 atom stereocenters. The van der Waals surface area contributed by atoms with Gasteiger partial charge >= 0.3 is 0 Å². The van der Waals surface area contributed by atoms with Crippen LogP contribution in [0.1, 0.15) is 33.6 Å². The van der Waals surface area contributed by atoms with Crippen molar-refractivity contribution in [2.24, 2.45) is 4.99 Å². The Morgan fingerprint density at radius 2 is 2.00 bits per heavy atom. The van der Waals surface area contributed by atoms with Gasteiger partial charge in [0.25, 0.3) is 0 Å².